The van der Waals surface area contributed by atoms with Crippen LogP contribution in [-0.4, -0.2) is 5.60 Å². The van der Waals surface area contributed by atoms with E-state index < -0.39 is 0 Å². The number of benzene rings is 4. The molecule has 0 fully saturated rings. The number of fused-ring (bicyclic) bond motifs is 1. The highest BCUT2D eigenvalue weighted by Gasteiger charge is 2.47. The molecule has 5 rings (SSSR count). The van der Waals surface area contributed by atoms with Gasteiger partial charge in [0.1, 0.15) is 11.4 Å². The largest absolute Gasteiger partial charge is 0.487 e. The van der Waals surface area contributed by atoms with E-state index >= 15 is 0 Å². The lowest BCUT2D eigenvalue weighted by atomic mass is 9.73. The van der Waals surface area contributed by atoms with E-state index in [9.17, 15) is 0 Å². The van der Waals surface area contributed by atoms with E-state index in [2.05, 4.69) is 137 Å². The van der Waals surface area contributed by atoms with E-state index in [1.165, 1.54) is 22.3 Å². The second-order valence-electron chi connectivity index (χ2n) is 9.95. The molecule has 166 valence electrons. The molecule has 33 heavy (non-hydrogen) atoms. The Morgan fingerprint density at radius 2 is 1.24 bits per heavy atom. The van der Waals surface area contributed by atoms with Crippen molar-refractivity contribution >= 4 is 17.1 Å². The summed E-state index contributed by atoms with van der Waals surface area (Å²) in [4.78, 5) is 2.30. The molecule has 4 aromatic rings. The summed E-state index contributed by atoms with van der Waals surface area (Å²) in [5, 5.41) is 0. The number of anilines is 3. The molecular formula is C31H31NO. The molecule has 0 amide bonds. The highest BCUT2D eigenvalue weighted by Crippen LogP contribution is 2.50. The van der Waals surface area contributed by atoms with Gasteiger partial charge in [0.15, 0.2) is 0 Å². The number of hydrogen-bond donors (Lipinski definition) is 0. The Balaban J connectivity index is 1.57. The molecule has 1 heterocycles. The standard InChI is InChI=1S/C31H31NO/c1-22-20-26(32(24-12-8-6-9-13-24)25-14-10-7-11-15-25)17-18-27(22)23-16-19-29-28(21-23)30(2,3)31(4,5)33-29/h6-21H,1-5H3. The zero-order chi connectivity index (χ0) is 23.2. The van der Waals surface area contributed by atoms with Crippen molar-refractivity contribution in [3.63, 3.8) is 0 Å². The van der Waals surface area contributed by atoms with E-state index in [4.69, 9.17) is 4.74 Å². The Labute approximate surface area is 197 Å². The van der Waals surface area contributed by atoms with Crippen LogP contribution in [-0.2, 0) is 5.41 Å². The Bertz CT molecular complexity index is 1250. The van der Waals surface area contributed by atoms with Crippen molar-refractivity contribution < 1.29 is 4.74 Å². The molecule has 0 spiro atoms. The van der Waals surface area contributed by atoms with Gasteiger partial charge in [-0.1, -0.05) is 62.4 Å². The maximum absolute atomic E-state index is 6.27. The van der Waals surface area contributed by atoms with Gasteiger partial charge in [-0.2, -0.15) is 0 Å². The van der Waals surface area contributed by atoms with Crippen LogP contribution in [0.5, 0.6) is 5.75 Å². The summed E-state index contributed by atoms with van der Waals surface area (Å²) in [6.45, 7) is 11.1. The fourth-order valence-corrected chi connectivity index (χ4v) is 4.71. The van der Waals surface area contributed by atoms with Crippen LogP contribution in [0.15, 0.2) is 97.1 Å². The lowest BCUT2D eigenvalue weighted by Crippen LogP contribution is -2.41. The molecule has 0 unspecified atom stereocenters. The molecule has 0 saturated carbocycles. The Kier molecular flexibility index (Phi) is 5.05. The topological polar surface area (TPSA) is 12.5 Å². The maximum atomic E-state index is 6.27. The first-order chi connectivity index (χ1) is 15.8. The summed E-state index contributed by atoms with van der Waals surface area (Å²) in [6.07, 6.45) is 0. The molecule has 0 saturated heterocycles. The van der Waals surface area contributed by atoms with Crippen LogP contribution in [0.1, 0.15) is 38.8 Å². The van der Waals surface area contributed by atoms with E-state index in [1.54, 1.807) is 0 Å². The van der Waals surface area contributed by atoms with Gasteiger partial charge in [0.2, 0.25) is 0 Å². The van der Waals surface area contributed by atoms with Crippen LogP contribution in [0.25, 0.3) is 11.1 Å². The van der Waals surface area contributed by atoms with Crippen LogP contribution >= 0.6 is 0 Å². The first-order valence-corrected chi connectivity index (χ1v) is 11.6. The van der Waals surface area contributed by atoms with Crippen molar-refractivity contribution in [3.05, 3.63) is 108 Å². The van der Waals surface area contributed by atoms with Gasteiger partial charge in [0.25, 0.3) is 0 Å². The number of nitrogens with zero attached hydrogens (tertiary/aromatic N) is 1. The minimum absolute atomic E-state index is 0.0520. The smallest absolute Gasteiger partial charge is 0.124 e. The molecule has 1 aliphatic heterocycles. The summed E-state index contributed by atoms with van der Waals surface area (Å²) in [5.41, 5.74) is 8.19. The summed E-state index contributed by atoms with van der Waals surface area (Å²) in [7, 11) is 0. The van der Waals surface area contributed by atoms with Crippen molar-refractivity contribution in [2.75, 3.05) is 4.90 Å². The molecule has 0 bridgehead atoms. The van der Waals surface area contributed by atoms with Gasteiger partial charge >= 0.3 is 0 Å². The third-order valence-corrected chi connectivity index (χ3v) is 7.33. The zero-order valence-corrected chi connectivity index (χ0v) is 20.1. The first-order valence-electron chi connectivity index (χ1n) is 11.6. The third-order valence-electron chi connectivity index (χ3n) is 7.33. The predicted octanol–water partition coefficient (Wildman–Crippen LogP) is 8.58. The molecule has 0 N–H and O–H groups in total. The van der Waals surface area contributed by atoms with Gasteiger partial charge in [-0.25, -0.2) is 0 Å². The molecular weight excluding hydrogens is 402 g/mol. The predicted molar refractivity (Wildman–Crippen MR) is 139 cm³/mol. The van der Waals surface area contributed by atoms with Crippen LogP contribution in [0.4, 0.5) is 17.1 Å². The van der Waals surface area contributed by atoms with Crippen LogP contribution < -0.4 is 9.64 Å². The van der Waals surface area contributed by atoms with Crippen molar-refractivity contribution in [1.29, 1.82) is 0 Å². The van der Waals surface area contributed by atoms with E-state index in [0.29, 0.717) is 0 Å². The highest BCUT2D eigenvalue weighted by molar-refractivity contribution is 5.80. The van der Waals surface area contributed by atoms with Crippen molar-refractivity contribution in [3.8, 4) is 16.9 Å². The van der Waals surface area contributed by atoms with Crippen LogP contribution in [0.3, 0.4) is 0 Å². The van der Waals surface area contributed by atoms with Crippen LogP contribution in [0, 0.1) is 6.92 Å². The molecule has 0 aliphatic carbocycles. The van der Waals surface area contributed by atoms with Crippen LogP contribution in [0.2, 0.25) is 0 Å². The minimum atomic E-state index is -0.223. The van der Waals surface area contributed by atoms with E-state index in [-0.39, 0.29) is 11.0 Å². The van der Waals surface area contributed by atoms with Gasteiger partial charge in [-0.15, -0.1) is 0 Å². The normalized spacial score (nSPS) is 15.5. The number of ether oxygens (including phenoxy) is 1. The number of hydrogen-bond acceptors (Lipinski definition) is 2. The van der Waals surface area contributed by atoms with Gasteiger partial charge < -0.3 is 9.64 Å². The summed E-state index contributed by atoms with van der Waals surface area (Å²) < 4.78 is 6.27. The SMILES string of the molecule is Cc1cc(N(c2ccccc2)c2ccccc2)ccc1-c1ccc2c(c1)C(C)(C)C(C)(C)O2. The minimum Gasteiger partial charge on any atom is -0.487 e. The fourth-order valence-electron chi connectivity index (χ4n) is 4.71. The molecule has 2 heteroatoms. The van der Waals surface area contributed by atoms with E-state index in [0.717, 1.165) is 22.8 Å². The molecule has 2 nitrogen and oxygen atoms in total. The molecule has 0 aromatic heterocycles. The Morgan fingerprint density at radius 3 is 1.82 bits per heavy atom. The van der Waals surface area contributed by atoms with Gasteiger partial charge in [0, 0.05) is 28.0 Å². The average Bonchev–Trinajstić information content (AvgIpc) is 2.99. The number of rotatable bonds is 4. The number of para-hydroxylation sites is 2. The molecule has 0 radical (unpaired) electrons. The summed E-state index contributed by atoms with van der Waals surface area (Å²) >= 11 is 0. The lowest BCUT2D eigenvalue weighted by Gasteiger charge is -2.33. The Morgan fingerprint density at radius 1 is 0.636 bits per heavy atom. The Hall–Kier alpha value is -3.52. The van der Waals surface area contributed by atoms with Gasteiger partial charge in [-0.3, -0.25) is 0 Å². The first kappa shape index (κ1) is 21.3. The zero-order valence-electron chi connectivity index (χ0n) is 20.1. The second-order valence-corrected chi connectivity index (χ2v) is 9.95. The van der Waals surface area contributed by atoms with Crippen molar-refractivity contribution in [1.82, 2.24) is 0 Å². The summed E-state index contributed by atoms with van der Waals surface area (Å²) in [6, 6.07) is 34.5. The van der Waals surface area contributed by atoms with Gasteiger partial charge in [-0.05, 0) is 86.0 Å². The van der Waals surface area contributed by atoms with Gasteiger partial charge in [0.05, 0.1) is 0 Å². The average molecular weight is 434 g/mol. The van der Waals surface area contributed by atoms with Crippen molar-refractivity contribution in [2.45, 2.75) is 45.6 Å². The van der Waals surface area contributed by atoms with E-state index in [1.807, 2.05) is 0 Å². The fraction of sp³-hybridized carbons (Fsp3) is 0.226. The monoisotopic (exact) mass is 433 g/mol. The second kappa shape index (κ2) is 7.81. The molecule has 4 aromatic carbocycles. The maximum Gasteiger partial charge on any atom is 0.124 e. The lowest BCUT2D eigenvalue weighted by molar-refractivity contribution is 0.0712. The summed E-state index contributed by atoms with van der Waals surface area (Å²) in [5.74, 6) is 1.00. The quantitative estimate of drug-likeness (QED) is 0.319. The molecule has 1 aliphatic rings. The third kappa shape index (κ3) is 3.60. The number of aryl methyl sites for hydroxylation is 1. The van der Waals surface area contributed by atoms with Crippen molar-refractivity contribution in [2.24, 2.45) is 0 Å². The highest BCUT2D eigenvalue weighted by atomic mass is 16.5. The molecule has 0 atom stereocenters.